The number of hydrogen-bond donors (Lipinski definition) is 0. The van der Waals surface area contributed by atoms with Crippen LogP contribution < -0.4 is 21.5 Å². The van der Waals surface area contributed by atoms with E-state index < -0.39 is 0 Å². The van der Waals surface area contributed by atoms with Crippen molar-refractivity contribution < 1.29 is 21.5 Å². The maximum atomic E-state index is 4.42. The van der Waals surface area contributed by atoms with Gasteiger partial charge in [-0.15, -0.1) is 4.68 Å². The third-order valence-electron chi connectivity index (χ3n) is 3.37. The van der Waals surface area contributed by atoms with Crippen LogP contribution in [0.3, 0.4) is 0 Å². The van der Waals surface area contributed by atoms with Crippen LogP contribution in [0.15, 0.2) is 65.7 Å². The van der Waals surface area contributed by atoms with E-state index in [1.54, 1.807) is 0 Å². The van der Waals surface area contributed by atoms with E-state index in [-0.39, 0.29) is 17.0 Å². The Morgan fingerprint density at radius 3 is 2.32 bits per heavy atom. The normalized spacial score (nSPS) is 10.3. The first-order chi connectivity index (χ1) is 10.2. The van der Waals surface area contributed by atoms with Gasteiger partial charge < -0.3 is 17.0 Å². The van der Waals surface area contributed by atoms with Gasteiger partial charge in [0.1, 0.15) is 6.54 Å². The van der Waals surface area contributed by atoms with E-state index >= 15 is 0 Å². The predicted octanol–water partition coefficient (Wildman–Crippen LogP) is 0.342. The summed E-state index contributed by atoms with van der Waals surface area (Å²) in [6.07, 6.45) is 3.91. The quantitative estimate of drug-likeness (QED) is 0.556. The van der Waals surface area contributed by atoms with Crippen molar-refractivity contribution in [1.29, 1.82) is 0 Å². The second kappa shape index (κ2) is 7.70. The zero-order chi connectivity index (χ0) is 14.7. The highest BCUT2D eigenvalue weighted by atomic mass is 79.9. The molecule has 0 bridgehead atoms. The van der Waals surface area contributed by atoms with Gasteiger partial charge in [0.05, 0.1) is 6.54 Å². The second-order valence-corrected chi connectivity index (χ2v) is 6.14. The van der Waals surface area contributed by atoms with E-state index in [0.29, 0.717) is 0 Å². The van der Waals surface area contributed by atoms with Gasteiger partial charge in [0.25, 0.3) is 6.33 Å². The number of nitrogens with zero attached hydrogens (tertiary/aromatic N) is 3. The van der Waals surface area contributed by atoms with Crippen LogP contribution in [0.4, 0.5) is 0 Å². The molecule has 0 atom stereocenters. The monoisotopic (exact) mass is 421 g/mol. The fourth-order valence-electron chi connectivity index (χ4n) is 2.21. The molecule has 0 aliphatic carbocycles. The molecular formula is C17H17Br2N3. The first kappa shape index (κ1) is 16.9. The Morgan fingerprint density at radius 2 is 1.64 bits per heavy atom. The summed E-state index contributed by atoms with van der Waals surface area (Å²) >= 11 is 3.45. The maximum Gasteiger partial charge on any atom is 0.265 e. The zero-order valence-electron chi connectivity index (χ0n) is 12.3. The number of halogens is 2. The van der Waals surface area contributed by atoms with Gasteiger partial charge in [0.15, 0.2) is 0 Å². The Kier molecular flexibility index (Phi) is 5.91. The molecule has 0 N–H and O–H groups in total. The van der Waals surface area contributed by atoms with E-state index in [4.69, 9.17) is 0 Å². The summed E-state index contributed by atoms with van der Waals surface area (Å²) in [6, 6.07) is 16.9. The topological polar surface area (TPSA) is 21.7 Å². The van der Waals surface area contributed by atoms with Crippen molar-refractivity contribution in [1.82, 2.24) is 9.78 Å². The number of aryl methyl sites for hydroxylation is 1. The smallest absolute Gasteiger partial charge is 0.265 e. The van der Waals surface area contributed by atoms with Crippen molar-refractivity contribution >= 4 is 15.9 Å². The van der Waals surface area contributed by atoms with E-state index in [9.17, 15) is 0 Å². The molecule has 3 nitrogen and oxygen atoms in total. The lowest BCUT2D eigenvalue weighted by atomic mass is 10.1. The fourth-order valence-corrected chi connectivity index (χ4v) is 2.47. The van der Waals surface area contributed by atoms with E-state index in [0.717, 1.165) is 17.6 Å². The Labute approximate surface area is 149 Å². The molecular weight excluding hydrogens is 406 g/mol. The summed E-state index contributed by atoms with van der Waals surface area (Å²) in [6.45, 7) is 3.73. The van der Waals surface area contributed by atoms with Crippen molar-refractivity contribution in [2.45, 2.75) is 20.0 Å². The molecule has 114 valence electrons. The van der Waals surface area contributed by atoms with Crippen LogP contribution >= 0.6 is 15.9 Å². The highest BCUT2D eigenvalue weighted by Crippen LogP contribution is 2.10. The summed E-state index contributed by atoms with van der Waals surface area (Å²) in [5.41, 5.74) is 3.81. The van der Waals surface area contributed by atoms with Crippen molar-refractivity contribution in [2.75, 3.05) is 0 Å². The zero-order valence-corrected chi connectivity index (χ0v) is 15.5. The molecule has 2 aromatic carbocycles. The molecule has 0 aliphatic heterocycles. The molecule has 1 aromatic heterocycles. The summed E-state index contributed by atoms with van der Waals surface area (Å²) in [5, 5.41) is 4.42. The van der Waals surface area contributed by atoms with Gasteiger partial charge in [0, 0.05) is 9.57 Å². The van der Waals surface area contributed by atoms with Crippen molar-refractivity contribution in [3.8, 4) is 0 Å². The average Bonchev–Trinajstić information content (AvgIpc) is 2.91. The summed E-state index contributed by atoms with van der Waals surface area (Å²) < 4.78 is 5.16. The molecule has 0 spiro atoms. The van der Waals surface area contributed by atoms with Gasteiger partial charge in [0.2, 0.25) is 6.33 Å². The summed E-state index contributed by atoms with van der Waals surface area (Å²) in [5.74, 6) is 0. The van der Waals surface area contributed by atoms with Gasteiger partial charge in [-0.1, -0.05) is 57.9 Å². The summed E-state index contributed by atoms with van der Waals surface area (Å²) in [4.78, 5) is 0. The molecule has 3 rings (SSSR count). The van der Waals surface area contributed by atoms with Gasteiger partial charge >= 0.3 is 0 Å². The molecule has 5 heteroatoms. The molecule has 0 radical (unpaired) electrons. The molecule has 0 fully saturated rings. The first-order valence-electron chi connectivity index (χ1n) is 6.90. The molecule has 22 heavy (non-hydrogen) atoms. The third kappa shape index (κ3) is 4.52. The Morgan fingerprint density at radius 1 is 1.00 bits per heavy atom. The molecule has 0 saturated heterocycles. The van der Waals surface area contributed by atoms with E-state index in [1.807, 2.05) is 17.3 Å². The van der Waals surface area contributed by atoms with Crippen molar-refractivity contribution in [3.63, 3.8) is 0 Å². The standard InChI is InChI=1S/C17H17BrN3.BrH/c1-14-2-4-16(5-3-14)11-21-13-20(12-19-21)10-15-6-8-17(18)9-7-15;/h2-9,12-13H,10-11H2,1H3;1H/q+1;/p-1. The van der Waals surface area contributed by atoms with Crippen molar-refractivity contribution in [2.24, 2.45) is 0 Å². The first-order valence-corrected chi connectivity index (χ1v) is 7.70. The second-order valence-electron chi connectivity index (χ2n) is 5.23. The van der Waals surface area contributed by atoms with Gasteiger partial charge in [-0.05, 0) is 30.2 Å². The molecule has 0 amide bonds. The molecule has 3 aromatic rings. The summed E-state index contributed by atoms with van der Waals surface area (Å²) in [7, 11) is 0. The molecule has 1 heterocycles. The minimum Gasteiger partial charge on any atom is -1.00 e. The highest BCUT2D eigenvalue weighted by molar-refractivity contribution is 9.10. The van der Waals surface area contributed by atoms with Crippen LogP contribution in [0, 0.1) is 6.92 Å². The van der Waals surface area contributed by atoms with Crippen LogP contribution in [0.25, 0.3) is 0 Å². The molecule has 0 aliphatic rings. The van der Waals surface area contributed by atoms with E-state index in [2.05, 4.69) is 81.1 Å². The SMILES string of the molecule is Cc1ccc(Cn2c[n+](Cc3ccc(Br)cc3)cn2)cc1.[Br-]. The number of rotatable bonds is 4. The Bertz CT molecular complexity index is 656. The maximum absolute atomic E-state index is 4.42. The Hall–Kier alpha value is -1.46. The largest absolute Gasteiger partial charge is 1.00 e. The van der Waals surface area contributed by atoms with Crippen LogP contribution in [0.2, 0.25) is 0 Å². The number of benzene rings is 2. The highest BCUT2D eigenvalue weighted by Gasteiger charge is 2.07. The fraction of sp³-hybridized carbons (Fsp3) is 0.176. The van der Waals surface area contributed by atoms with Gasteiger partial charge in [-0.3, -0.25) is 0 Å². The predicted molar refractivity (Wildman–Crippen MR) is 85.9 cm³/mol. The van der Waals surface area contributed by atoms with Crippen LogP contribution in [-0.4, -0.2) is 9.78 Å². The lowest BCUT2D eigenvalue weighted by Crippen LogP contribution is -3.00. The lowest BCUT2D eigenvalue weighted by molar-refractivity contribution is -0.689. The van der Waals surface area contributed by atoms with Crippen LogP contribution in [0.5, 0.6) is 0 Å². The minimum absolute atomic E-state index is 0. The number of hydrogen-bond acceptors (Lipinski definition) is 1. The average molecular weight is 423 g/mol. The third-order valence-corrected chi connectivity index (χ3v) is 3.90. The van der Waals surface area contributed by atoms with Crippen LogP contribution in [-0.2, 0) is 13.1 Å². The van der Waals surface area contributed by atoms with E-state index in [1.165, 1.54) is 16.7 Å². The van der Waals surface area contributed by atoms with Gasteiger partial charge in [-0.2, -0.15) is 0 Å². The van der Waals surface area contributed by atoms with Gasteiger partial charge in [-0.25, -0.2) is 4.57 Å². The number of aromatic nitrogens is 3. The van der Waals surface area contributed by atoms with Crippen LogP contribution in [0.1, 0.15) is 16.7 Å². The van der Waals surface area contributed by atoms with Crippen molar-refractivity contribution in [3.05, 3.63) is 82.3 Å². The Balaban J connectivity index is 0.00000176. The lowest BCUT2D eigenvalue weighted by Gasteiger charge is -1.99. The minimum atomic E-state index is 0. The molecule has 0 saturated carbocycles. The molecule has 0 unspecified atom stereocenters.